The van der Waals surface area contributed by atoms with Gasteiger partial charge in [-0.15, -0.1) is 0 Å². The van der Waals surface area contributed by atoms with Gasteiger partial charge in [-0.3, -0.25) is 0 Å². The van der Waals surface area contributed by atoms with Crippen LogP contribution in [0.15, 0.2) is 0 Å². The van der Waals surface area contributed by atoms with E-state index in [4.69, 9.17) is 0 Å². The summed E-state index contributed by atoms with van der Waals surface area (Å²) in [6, 6.07) is 0. The molecule has 160 valence electrons. The summed E-state index contributed by atoms with van der Waals surface area (Å²) < 4.78 is 16.7. The van der Waals surface area contributed by atoms with Crippen LogP contribution in [0.25, 0.3) is 0 Å². The van der Waals surface area contributed by atoms with Gasteiger partial charge in [-0.25, -0.2) is 19.2 Å². The van der Waals surface area contributed by atoms with Crippen molar-refractivity contribution in [1.29, 1.82) is 0 Å². The molecule has 0 aliphatic heterocycles. The zero-order valence-corrected chi connectivity index (χ0v) is 17.4. The molecule has 26 heavy (non-hydrogen) atoms. The smallest absolute Gasteiger partial charge is 0.404 e. The van der Waals surface area contributed by atoms with Crippen molar-refractivity contribution in [2.75, 3.05) is 26.4 Å². The third-order valence-electron chi connectivity index (χ3n) is 1.15. The molecule has 14 heteroatoms. The van der Waals surface area contributed by atoms with Gasteiger partial charge in [-0.1, -0.05) is 0 Å². The third kappa shape index (κ3) is 98.3. The summed E-state index contributed by atoms with van der Waals surface area (Å²) >= 11 is 0. The van der Waals surface area contributed by atoms with Gasteiger partial charge in [0.05, 0.1) is 26.4 Å². The first-order valence-electron chi connectivity index (χ1n) is 6.77. The van der Waals surface area contributed by atoms with E-state index in [0.717, 1.165) is 0 Å². The van der Waals surface area contributed by atoms with Crippen LogP contribution in [-0.4, -0.2) is 50.8 Å². The second-order valence-corrected chi connectivity index (χ2v) is 3.01. The average molecular weight is 425 g/mol. The number of ether oxygens (including phenoxy) is 4. The summed E-state index contributed by atoms with van der Waals surface area (Å²) in [5.74, 6) is 0. The second kappa shape index (κ2) is 34.2. The van der Waals surface area contributed by atoms with E-state index in [9.17, 15) is 19.2 Å². The topological polar surface area (TPSA) is 209 Å². The van der Waals surface area contributed by atoms with Gasteiger partial charge in [0, 0.05) is 0 Å². The average Bonchev–Trinajstić information content (AvgIpc) is 2.39. The number of hydrogen-bond donors (Lipinski definition) is 4. The van der Waals surface area contributed by atoms with Gasteiger partial charge in [-0.2, -0.15) is 27.0 Å². The zero-order valence-electron chi connectivity index (χ0n) is 15.4. The Morgan fingerprint density at radius 3 is 0.615 bits per heavy atom. The maximum atomic E-state index is 9.60. The predicted octanol–water partition coefficient (Wildman–Crippen LogP) is 0.632. The van der Waals surface area contributed by atoms with Crippen LogP contribution in [0.5, 0.6) is 0 Å². The maximum absolute atomic E-state index is 9.60. The van der Waals surface area contributed by atoms with Crippen LogP contribution in [-0.2, 0) is 18.9 Å². The van der Waals surface area contributed by atoms with Crippen molar-refractivity contribution in [2.45, 2.75) is 27.7 Å². The van der Waals surface area contributed by atoms with Crippen LogP contribution >= 0.6 is 27.0 Å². The number of carbonyl (C=O) groups excluding carboxylic acids is 4. The Kier molecular flexibility index (Phi) is 51.3. The minimum Gasteiger partial charge on any atom is -0.450 e. The molecule has 0 aromatic carbocycles. The Morgan fingerprint density at radius 1 is 0.500 bits per heavy atom. The fraction of sp³-hybridized carbons (Fsp3) is 0.667. The molecule has 4 amide bonds. The molecule has 0 aromatic rings. The van der Waals surface area contributed by atoms with Gasteiger partial charge < -0.3 is 41.9 Å². The fourth-order valence-corrected chi connectivity index (χ4v) is 0.569. The lowest BCUT2D eigenvalue weighted by atomic mass is 10.9. The number of hydrogen-bond acceptors (Lipinski definition) is 8. The Morgan fingerprint density at radius 2 is 0.615 bits per heavy atom. The number of carbonyl (C=O) groups is 4. The molecule has 0 fully saturated rings. The van der Waals surface area contributed by atoms with Crippen molar-refractivity contribution >= 4 is 51.4 Å². The Balaban J connectivity index is -0.0000000500. The number of amides is 4. The summed E-state index contributed by atoms with van der Waals surface area (Å²) in [6.07, 6.45) is -2.84. The van der Waals surface area contributed by atoms with E-state index in [-0.39, 0.29) is 27.0 Å². The molecule has 0 radical (unpaired) electrons. The van der Waals surface area contributed by atoms with Crippen LogP contribution in [0.1, 0.15) is 27.7 Å². The molecule has 0 saturated heterocycles. The quantitative estimate of drug-likeness (QED) is 0.469. The van der Waals surface area contributed by atoms with Crippen LogP contribution in [0, 0.1) is 0 Å². The highest BCUT2D eigenvalue weighted by atomic mass is 32.1. The molecule has 12 nitrogen and oxygen atoms in total. The van der Waals surface area contributed by atoms with E-state index < -0.39 is 24.4 Å². The molecule has 0 bridgehead atoms. The highest BCUT2D eigenvalue weighted by Crippen LogP contribution is 1.67. The predicted molar refractivity (Wildman–Crippen MR) is 106 cm³/mol. The van der Waals surface area contributed by atoms with E-state index >= 15 is 0 Å². The first-order chi connectivity index (χ1) is 11.1. The molecule has 0 heterocycles. The fourth-order valence-electron chi connectivity index (χ4n) is 0.569. The Bertz CT molecular complexity index is 285. The van der Waals surface area contributed by atoms with Crippen molar-refractivity contribution in [3.63, 3.8) is 0 Å². The first-order valence-corrected chi connectivity index (χ1v) is 6.77. The standard InChI is InChI=1S/4C3H7NO2.2H2S/c4*1-2-6-3(4)5;;/h4*2H2,1H3,(H2,4,5);2*1H2. The van der Waals surface area contributed by atoms with Crippen molar-refractivity contribution < 1.29 is 38.1 Å². The van der Waals surface area contributed by atoms with Gasteiger partial charge in [0.25, 0.3) is 0 Å². The lowest BCUT2D eigenvalue weighted by Gasteiger charge is -1.89. The molecule has 0 spiro atoms. The molecule has 0 atom stereocenters. The molecular formula is C12H32N4O8S2. The lowest BCUT2D eigenvalue weighted by Crippen LogP contribution is -2.11. The SMILES string of the molecule is CCOC(N)=O.CCOC(N)=O.CCOC(N)=O.CCOC(N)=O.S.S. The zero-order chi connectivity index (χ0) is 20.0. The van der Waals surface area contributed by atoms with Crippen LogP contribution in [0.4, 0.5) is 19.2 Å². The summed E-state index contributed by atoms with van der Waals surface area (Å²) in [5.41, 5.74) is 18.2. The molecule has 0 saturated carbocycles. The number of nitrogens with two attached hydrogens (primary N) is 4. The van der Waals surface area contributed by atoms with Crippen LogP contribution in [0.3, 0.4) is 0 Å². The molecular weight excluding hydrogens is 392 g/mol. The minimum atomic E-state index is -0.711. The molecule has 0 rings (SSSR count). The van der Waals surface area contributed by atoms with Gasteiger partial charge in [0.15, 0.2) is 0 Å². The van der Waals surface area contributed by atoms with E-state index in [1.807, 2.05) is 0 Å². The summed E-state index contributed by atoms with van der Waals surface area (Å²) in [7, 11) is 0. The van der Waals surface area contributed by atoms with E-state index in [0.29, 0.717) is 26.4 Å². The van der Waals surface area contributed by atoms with Gasteiger partial charge in [-0.05, 0) is 27.7 Å². The van der Waals surface area contributed by atoms with Crippen LogP contribution in [0.2, 0.25) is 0 Å². The van der Waals surface area contributed by atoms with Gasteiger partial charge in [0.2, 0.25) is 0 Å². The largest absolute Gasteiger partial charge is 0.450 e. The van der Waals surface area contributed by atoms with Gasteiger partial charge >= 0.3 is 24.4 Å². The van der Waals surface area contributed by atoms with E-state index in [1.165, 1.54) is 0 Å². The highest BCUT2D eigenvalue weighted by Gasteiger charge is 1.83. The molecule has 0 unspecified atom stereocenters. The minimum absolute atomic E-state index is 0. The molecule has 0 aliphatic rings. The van der Waals surface area contributed by atoms with Crippen molar-refractivity contribution in [3.8, 4) is 0 Å². The summed E-state index contributed by atoms with van der Waals surface area (Å²) in [6.45, 7) is 8.22. The van der Waals surface area contributed by atoms with Crippen molar-refractivity contribution in [1.82, 2.24) is 0 Å². The van der Waals surface area contributed by atoms with Crippen molar-refractivity contribution in [2.24, 2.45) is 22.9 Å². The third-order valence-corrected chi connectivity index (χ3v) is 1.15. The number of primary amides is 4. The molecule has 8 N–H and O–H groups in total. The summed E-state index contributed by atoms with van der Waals surface area (Å²) in [5, 5.41) is 0. The maximum Gasteiger partial charge on any atom is 0.404 e. The van der Waals surface area contributed by atoms with Gasteiger partial charge in [0.1, 0.15) is 0 Å². The van der Waals surface area contributed by atoms with E-state index in [1.54, 1.807) is 27.7 Å². The van der Waals surface area contributed by atoms with Crippen LogP contribution < -0.4 is 22.9 Å². The van der Waals surface area contributed by atoms with E-state index in [2.05, 4.69) is 41.9 Å². The lowest BCUT2D eigenvalue weighted by molar-refractivity contribution is 0.162. The normalized spacial score (nSPS) is 6.92. The van der Waals surface area contributed by atoms with Crippen molar-refractivity contribution in [3.05, 3.63) is 0 Å². The highest BCUT2D eigenvalue weighted by molar-refractivity contribution is 7.59. The second-order valence-electron chi connectivity index (χ2n) is 3.01. The first kappa shape index (κ1) is 39.0. The molecule has 0 aromatic heterocycles. The molecule has 0 aliphatic carbocycles. The monoisotopic (exact) mass is 424 g/mol. The Labute approximate surface area is 167 Å². The summed E-state index contributed by atoms with van der Waals surface area (Å²) in [4.78, 5) is 38.4. The Hall–Kier alpha value is -2.22. The number of rotatable bonds is 4.